The van der Waals surface area contributed by atoms with Crippen LogP contribution in [0, 0.1) is 20.8 Å². The quantitative estimate of drug-likeness (QED) is 0.844. The normalized spacial score (nSPS) is 10.5. The molecule has 0 aromatic heterocycles. The molecule has 2 aromatic rings. The first kappa shape index (κ1) is 14.9. The molecule has 0 atom stereocenters. The number of benzene rings is 2. The van der Waals surface area contributed by atoms with Crippen LogP contribution in [0.2, 0.25) is 0 Å². The van der Waals surface area contributed by atoms with Gasteiger partial charge in [-0.2, -0.15) is 0 Å². The van der Waals surface area contributed by atoms with Gasteiger partial charge in [0.2, 0.25) is 0 Å². The molecule has 0 spiro atoms. The number of hydrogen-bond acceptors (Lipinski definition) is 3. The molecule has 3 N–H and O–H groups in total. The van der Waals surface area contributed by atoms with Crippen LogP contribution in [0.1, 0.15) is 27.0 Å². The summed E-state index contributed by atoms with van der Waals surface area (Å²) in [6.45, 7) is 5.91. The number of nitrogen functional groups attached to an aromatic ring is 1. The molecule has 0 aliphatic carbocycles. The lowest BCUT2D eigenvalue weighted by Crippen LogP contribution is -2.13. The van der Waals surface area contributed by atoms with E-state index >= 15 is 0 Å². The number of aromatic carboxylic acids is 1. The van der Waals surface area contributed by atoms with Crippen LogP contribution in [0.4, 0.5) is 17.1 Å². The van der Waals surface area contributed by atoms with Gasteiger partial charge in [0.15, 0.2) is 0 Å². The highest BCUT2D eigenvalue weighted by atomic mass is 16.4. The molecule has 0 radical (unpaired) electrons. The van der Waals surface area contributed by atoms with Crippen molar-refractivity contribution >= 4 is 23.0 Å². The van der Waals surface area contributed by atoms with Gasteiger partial charge in [0, 0.05) is 24.1 Å². The van der Waals surface area contributed by atoms with E-state index in [9.17, 15) is 9.90 Å². The first-order valence-corrected chi connectivity index (χ1v) is 6.75. The van der Waals surface area contributed by atoms with Crippen molar-refractivity contribution in [3.8, 4) is 0 Å². The second-order valence-electron chi connectivity index (χ2n) is 5.43. The first-order chi connectivity index (χ1) is 9.79. The molecule has 4 nitrogen and oxygen atoms in total. The zero-order valence-electron chi connectivity index (χ0n) is 12.8. The fraction of sp³-hybridized carbons (Fsp3) is 0.235. The van der Waals surface area contributed by atoms with Crippen molar-refractivity contribution in [2.75, 3.05) is 17.7 Å². The molecule has 0 saturated carbocycles. The van der Waals surface area contributed by atoms with Gasteiger partial charge >= 0.3 is 5.97 Å². The Hall–Kier alpha value is -2.49. The summed E-state index contributed by atoms with van der Waals surface area (Å²) in [5, 5.41) is 9.26. The van der Waals surface area contributed by atoms with Crippen molar-refractivity contribution in [3.05, 3.63) is 52.6 Å². The van der Waals surface area contributed by atoms with Crippen LogP contribution < -0.4 is 10.6 Å². The van der Waals surface area contributed by atoms with Crippen molar-refractivity contribution in [1.82, 2.24) is 0 Å². The van der Waals surface area contributed by atoms with E-state index in [1.165, 1.54) is 11.1 Å². The number of aryl methyl sites for hydroxylation is 3. The van der Waals surface area contributed by atoms with Crippen molar-refractivity contribution in [2.24, 2.45) is 0 Å². The fourth-order valence-electron chi connectivity index (χ4n) is 2.44. The zero-order chi connectivity index (χ0) is 15.7. The van der Waals surface area contributed by atoms with Gasteiger partial charge in [0.1, 0.15) is 0 Å². The van der Waals surface area contributed by atoms with Gasteiger partial charge in [-0.15, -0.1) is 0 Å². The third kappa shape index (κ3) is 2.99. The van der Waals surface area contributed by atoms with Crippen LogP contribution in [0.25, 0.3) is 0 Å². The largest absolute Gasteiger partial charge is 0.478 e. The number of carboxylic acids is 1. The minimum absolute atomic E-state index is 0.140. The number of rotatable bonds is 3. The third-order valence-corrected chi connectivity index (χ3v) is 3.58. The smallest absolute Gasteiger partial charge is 0.337 e. The van der Waals surface area contributed by atoms with Crippen LogP contribution in [0.5, 0.6) is 0 Å². The lowest BCUT2D eigenvalue weighted by Gasteiger charge is -2.22. The van der Waals surface area contributed by atoms with Crippen LogP contribution in [-0.2, 0) is 0 Å². The molecule has 0 aliphatic heterocycles. The molecule has 21 heavy (non-hydrogen) atoms. The Bertz CT molecular complexity index is 688. The second kappa shape index (κ2) is 5.48. The average molecular weight is 284 g/mol. The SMILES string of the molecule is Cc1cc(C)cc(N(C)c2cc(C)c(N)c(C(=O)O)c2)c1. The van der Waals surface area contributed by atoms with Crippen LogP contribution >= 0.6 is 0 Å². The molecule has 2 rings (SSSR count). The molecule has 0 saturated heterocycles. The standard InChI is InChI=1S/C17H20N2O2/c1-10-5-11(2)7-13(6-10)19(4)14-8-12(3)16(18)15(9-14)17(20)21/h5-9H,18H2,1-4H3,(H,20,21). The Kier molecular flexibility index (Phi) is 3.89. The summed E-state index contributed by atoms with van der Waals surface area (Å²) in [6.07, 6.45) is 0. The number of carboxylic acid groups (broad SMARTS) is 1. The highest BCUT2D eigenvalue weighted by molar-refractivity contribution is 5.96. The third-order valence-electron chi connectivity index (χ3n) is 3.58. The van der Waals surface area contributed by atoms with E-state index in [-0.39, 0.29) is 5.56 Å². The summed E-state index contributed by atoms with van der Waals surface area (Å²) >= 11 is 0. The molecular weight excluding hydrogens is 264 g/mol. The molecule has 0 amide bonds. The highest BCUT2D eigenvalue weighted by Gasteiger charge is 2.14. The molecule has 110 valence electrons. The molecule has 0 bridgehead atoms. The lowest BCUT2D eigenvalue weighted by molar-refractivity contribution is 0.0698. The summed E-state index contributed by atoms with van der Waals surface area (Å²) < 4.78 is 0. The van der Waals surface area contributed by atoms with Gasteiger partial charge in [-0.1, -0.05) is 6.07 Å². The first-order valence-electron chi connectivity index (χ1n) is 6.75. The number of anilines is 3. The second-order valence-corrected chi connectivity index (χ2v) is 5.43. The van der Waals surface area contributed by atoms with Crippen LogP contribution in [0.3, 0.4) is 0 Å². The summed E-state index contributed by atoms with van der Waals surface area (Å²) in [4.78, 5) is 13.3. The highest BCUT2D eigenvalue weighted by Crippen LogP contribution is 2.30. The van der Waals surface area contributed by atoms with Crippen LogP contribution in [-0.4, -0.2) is 18.1 Å². The van der Waals surface area contributed by atoms with E-state index in [0.29, 0.717) is 5.69 Å². The van der Waals surface area contributed by atoms with E-state index in [1.54, 1.807) is 6.07 Å². The van der Waals surface area contributed by atoms with Gasteiger partial charge in [-0.3, -0.25) is 0 Å². The maximum atomic E-state index is 11.3. The Labute approximate surface area is 124 Å². The molecule has 4 heteroatoms. The van der Waals surface area contributed by atoms with Gasteiger partial charge < -0.3 is 15.7 Å². The average Bonchev–Trinajstić information content (AvgIpc) is 2.39. The van der Waals surface area contributed by atoms with Crippen LogP contribution in [0.15, 0.2) is 30.3 Å². The van der Waals surface area contributed by atoms with Crippen molar-refractivity contribution < 1.29 is 9.90 Å². The van der Waals surface area contributed by atoms with E-state index < -0.39 is 5.97 Å². The molecule has 0 aliphatic rings. The van der Waals surface area contributed by atoms with E-state index in [0.717, 1.165) is 16.9 Å². The number of nitrogens with zero attached hydrogens (tertiary/aromatic N) is 1. The summed E-state index contributed by atoms with van der Waals surface area (Å²) in [5.74, 6) is -1.01. The molecular formula is C17H20N2O2. The number of nitrogens with two attached hydrogens (primary N) is 1. The van der Waals surface area contributed by atoms with Crippen molar-refractivity contribution in [3.63, 3.8) is 0 Å². The maximum Gasteiger partial charge on any atom is 0.337 e. The van der Waals surface area contributed by atoms with Gasteiger partial charge in [0.25, 0.3) is 0 Å². The predicted molar refractivity (Wildman–Crippen MR) is 86.5 cm³/mol. The monoisotopic (exact) mass is 284 g/mol. The minimum Gasteiger partial charge on any atom is -0.478 e. The lowest BCUT2D eigenvalue weighted by atomic mass is 10.1. The maximum absolute atomic E-state index is 11.3. The van der Waals surface area contributed by atoms with E-state index in [2.05, 4.69) is 18.2 Å². The zero-order valence-corrected chi connectivity index (χ0v) is 12.8. The summed E-state index contributed by atoms with van der Waals surface area (Å²) in [5.41, 5.74) is 11.2. The van der Waals surface area contributed by atoms with Crippen molar-refractivity contribution in [2.45, 2.75) is 20.8 Å². The number of carbonyl (C=O) groups is 1. The Balaban J connectivity index is 2.53. The van der Waals surface area contributed by atoms with E-state index in [4.69, 9.17) is 5.73 Å². The summed E-state index contributed by atoms with van der Waals surface area (Å²) in [6, 6.07) is 9.76. The Morgan fingerprint density at radius 1 is 1.00 bits per heavy atom. The van der Waals surface area contributed by atoms with Gasteiger partial charge in [-0.25, -0.2) is 4.79 Å². The minimum atomic E-state index is -1.01. The predicted octanol–water partition coefficient (Wildman–Crippen LogP) is 3.66. The Morgan fingerprint density at radius 2 is 1.52 bits per heavy atom. The Morgan fingerprint density at radius 3 is 2.05 bits per heavy atom. The van der Waals surface area contributed by atoms with Gasteiger partial charge in [0.05, 0.1) is 5.56 Å². The summed E-state index contributed by atoms with van der Waals surface area (Å²) in [7, 11) is 1.92. The molecule has 0 unspecified atom stereocenters. The fourth-order valence-corrected chi connectivity index (χ4v) is 2.44. The molecule has 0 heterocycles. The topological polar surface area (TPSA) is 66.6 Å². The molecule has 0 fully saturated rings. The molecule has 2 aromatic carbocycles. The van der Waals surface area contributed by atoms with Gasteiger partial charge in [-0.05, 0) is 61.7 Å². The van der Waals surface area contributed by atoms with Crippen molar-refractivity contribution in [1.29, 1.82) is 0 Å². The van der Waals surface area contributed by atoms with E-state index in [1.807, 2.05) is 38.8 Å². The number of hydrogen-bond donors (Lipinski definition) is 2.